The number of benzene rings is 1. The minimum atomic E-state index is -0.273. The van der Waals surface area contributed by atoms with Gasteiger partial charge >= 0.3 is 0 Å². The van der Waals surface area contributed by atoms with Crippen LogP contribution < -0.4 is 4.74 Å². The fourth-order valence-corrected chi connectivity index (χ4v) is 1.75. The van der Waals surface area contributed by atoms with Gasteiger partial charge in [-0.1, -0.05) is 35.6 Å². The molecule has 1 aromatic rings. The lowest BCUT2D eigenvalue weighted by atomic mass is 10.1. The van der Waals surface area contributed by atoms with E-state index in [2.05, 4.69) is 29.5 Å². The van der Waals surface area contributed by atoms with Gasteiger partial charge in [0.2, 0.25) is 0 Å². The van der Waals surface area contributed by atoms with Crippen molar-refractivity contribution in [3.63, 3.8) is 0 Å². The van der Waals surface area contributed by atoms with Crippen LogP contribution in [-0.2, 0) is 6.42 Å². The predicted molar refractivity (Wildman–Crippen MR) is 64.8 cm³/mol. The molecule has 0 amide bonds. The molecule has 0 saturated carbocycles. The Bertz CT molecular complexity index is 301. The van der Waals surface area contributed by atoms with Crippen LogP contribution in [0.1, 0.15) is 18.9 Å². The summed E-state index contributed by atoms with van der Waals surface area (Å²) < 4.78 is 18.7. The van der Waals surface area contributed by atoms with E-state index in [1.165, 1.54) is 7.11 Å². The van der Waals surface area contributed by atoms with E-state index in [1.807, 2.05) is 6.07 Å². The van der Waals surface area contributed by atoms with Crippen LogP contribution >= 0.6 is 22.6 Å². The molecule has 0 aliphatic heterocycles. The van der Waals surface area contributed by atoms with Crippen molar-refractivity contribution in [2.75, 3.05) is 7.11 Å². The molecule has 0 bridgehead atoms. The van der Waals surface area contributed by atoms with Crippen molar-refractivity contribution in [2.24, 2.45) is 0 Å². The molecule has 1 atom stereocenters. The van der Waals surface area contributed by atoms with Gasteiger partial charge in [0.05, 0.1) is 7.11 Å². The summed E-state index contributed by atoms with van der Waals surface area (Å²) >= 11 is 2.38. The quantitative estimate of drug-likeness (QED) is 0.610. The van der Waals surface area contributed by atoms with Gasteiger partial charge < -0.3 is 4.74 Å². The highest BCUT2D eigenvalue weighted by atomic mass is 127. The van der Waals surface area contributed by atoms with Crippen LogP contribution in [0, 0.1) is 5.82 Å². The number of methoxy groups -OCH3 is 1. The summed E-state index contributed by atoms with van der Waals surface area (Å²) in [5, 5.41) is 0. The first-order valence-corrected chi connectivity index (χ1v) is 5.88. The van der Waals surface area contributed by atoms with Crippen molar-refractivity contribution in [1.82, 2.24) is 0 Å². The highest BCUT2D eigenvalue weighted by Gasteiger charge is 2.06. The second-order valence-corrected chi connectivity index (χ2v) is 4.94. The van der Waals surface area contributed by atoms with Crippen LogP contribution in [0.15, 0.2) is 18.2 Å². The molecule has 0 radical (unpaired) electrons. The first kappa shape index (κ1) is 11.8. The maximum Gasteiger partial charge on any atom is 0.165 e. The highest BCUT2D eigenvalue weighted by molar-refractivity contribution is 14.1. The minimum absolute atomic E-state index is 0.273. The van der Waals surface area contributed by atoms with E-state index in [-0.39, 0.29) is 5.82 Å². The Labute approximate surface area is 97.8 Å². The summed E-state index contributed by atoms with van der Waals surface area (Å²) in [6.07, 6.45) is 2.02. The third-order valence-electron chi connectivity index (χ3n) is 2.12. The Morgan fingerprint density at radius 3 is 2.71 bits per heavy atom. The molecule has 14 heavy (non-hydrogen) atoms. The fraction of sp³-hybridized carbons (Fsp3) is 0.455. The normalized spacial score (nSPS) is 12.6. The average Bonchev–Trinajstić information content (AvgIpc) is 2.18. The smallest absolute Gasteiger partial charge is 0.165 e. The van der Waals surface area contributed by atoms with Crippen LogP contribution in [0.5, 0.6) is 5.75 Å². The monoisotopic (exact) mass is 308 g/mol. The van der Waals surface area contributed by atoms with E-state index in [1.54, 1.807) is 12.1 Å². The average molecular weight is 308 g/mol. The zero-order valence-electron chi connectivity index (χ0n) is 8.39. The Morgan fingerprint density at radius 1 is 1.50 bits per heavy atom. The molecule has 0 unspecified atom stereocenters. The third kappa shape index (κ3) is 3.12. The topological polar surface area (TPSA) is 9.23 Å². The number of rotatable bonds is 4. The van der Waals surface area contributed by atoms with E-state index >= 15 is 0 Å². The van der Waals surface area contributed by atoms with Crippen molar-refractivity contribution in [2.45, 2.75) is 23.7 Å². The Morgan fingerprint density at radius 2 is 2.21 bits per heavy atom. The van der Waals surface area contributed by atoms with E-state index in [0.717, 1.165) is 18.4 Å². The maximum absolute atomic E-state index is 13.3. The molecule has 0 saturated heterocycles. The van der Waals surface area contributed by atoms with Gasteiger partial charge in [0.25, 0.3) is 0 Å². The molecule has 0 N–H and O–H groups in total. The maximum atomic E-state index is 13.3. The van der Waals surface area contributed by atoms with Gasteiger partial charge in [0, 0.05) is 3.92 Å². The van der Waals surface area contributed by atoms with E-state index < -0.39 is 0 Å². The van der Waals surface area contributed by atoms with Crippen LogP contribution in [0.4, 0.5) is 4.39 Å². The van der Waals surface area contributed by atoms with Crippen molar-refractivity contribution in [1.29, 1.82) is 0 Å². The number of hydrogen-bond acceptors (Lipinski definition) is 1. The molecule has 0 heterocycles. The summed E-state index contributed by atoms with van der Waals surface area (Å²) in [7, 11) is 1.48. The third-order valence-corrected chi connectivity index (χ3v) is 3.44. The molecule has 0 aromatic heterocycles. The largest absolute Gasteiger partial charge is 0.494 e. The predicted octanol–water partition coefficient (Wildman–Crippen LogP) is 3.59. The Kier molecular flexibility index (Phi) is 4.65. The lowest BCUT2D eigenvalue weighted by molar-refractivity contribution is 0.386. The minimum Gasteiger partial charge on any atom is -0.494 e. The zero-order valence-corrected chi connectivity index (χ0v) is 10.5. The molecule has 0 spiro atoms. The summed E-state index contributed by atoms with van der Waals surface area (Å²) in [4.78, 5) is 0. The van der Waals surface area contributed by atoms with Gasteiger partial charge in [-0.25, -0.2) is 4.39 Å². The zero-order chi connectivity index (χ0) is 10.6. The standard InChI is InChI=1S/C11H14FIO/c1-3-9(13)6-8-4-5-11(14-2)10(12)7-8/h4-5,7,9H,3,6H2,1-2H3/t9-/m0/s1. The van der Waals surface area contributed by atoms with Crippen molar-refractivity contribution < 1.29 is 9.13 Å². The molecule has 1 rings (SSSR count). The second-order valence-electron chi connectivity index (χ2n) is 3.18. The van der Waals surface area contributed by atoms with Gasteiger partial charge in [0.1, 0.15) is 0 Å². The van der Waals surface area contributed by atoms with Gasteiger partial charge in [-0.3, -0.25) is 0 Å². The Hall–Kier alpha value is -0.320. The number of alkyl halides is 1. The highest BCUT2D eigenvalue weighted by Crippen LogP contribution is 2.20. The first-order chi connectivity index (χ1) is 6.67. The van der Waals surface area contributed by atoms with Crippen molar-refractivity contribution in [3.8, 4) is 5.75 Å². The molecule has 0 aliphatic rings. The lowest BCUT2D eigenvalue weighted by Crippen LogP contribution is -2.01. The number of halogens is 2. The summed E-state index contributed by atoms with van der Waals surface area (Å²) in [6, 6.07) is 5.16. The molecule has 1 aromatic carbocycles. The lowest BCUT2D eigenvalue weighted by Gasteiger charge is -2.08. The van der Waals surface area contributed by atoms with Gasteiger partial charge in [-0.05, 0) is 30.5 Å². The molecule has 0 aliphatic carbocycles. The van der Waals surface area contributed by atoms with Gasteiger partial charge in [0.15, 0.2) is 11.6 Å². The van der Waals surface area contributed by atoms with E-state index in [4.69, 9.17) is 4.74 Å². The first-order valence-electron chi connectivity index (χ1n) is 4.63. The SMILES string of the molecule is CC[C@H](I)Cc1ccc(OC)c(F)c1. The molecule has 78 valence electrons. The van der Waals surface area contributed by atoms with Crippen LogP contribution in [0.2, 0.25) is 0 Å². The van der Waals surface area contributed by atoms with Gasteiger partial charge in [-0.15, -0.1) is 0 Å². The molecular formula is C11H14FIO. The molecular weight excluding hydrogens is 294 g/mol. The summed E-state index contributed by atoms with van der Waals surface area (Å²) in [5.74, 6) is 0.0416. The van der Waals surface area contributed by atoms with Gasteiger partial charge in [-0.2, -0.15) is 0 Å². The summed E-state index contributed by atoms with van der Waals surface area (Å²) in [5.41, 5.74) is 1.03. The van der Waals surface area contributed by atoms with Crippen LogP contribution in [0.25, 0.3) is 0 Å². The van der Waals surface area contributed by atoms with Crippen LogP contribution in [-0.4, -0.2) is 11.0 Å². The van der Waals surface area contributed by atoms with Crippen molar-refractivity contribution >= 4 is 22.6 Å². The Balaban J connectivity index is 2.76. The van der Waals surface area contributed by atoms with E-state index in [9.17, 15) is 4.39 Å². The van der Waals surface area contributed by atoms with Crippen molar-refractivity contribution in [3.05, 3.63) is 29.6 Å². The molecule has 0 fully saturated rings. The fourth-order valence-electron chi connectivity index (χ4n) is 1.24. The van der Waals surface area contributed by atoms with Crippen LogP contribution in [0.3, 0.4) is 0 Å². The molecule has 3 heteroatoms. The molecule has 1 nitrogen and oxygen atoms in total. The summed E-state index contributed by atoms with van der Waals surface area (Å²) in [6.45, 7) is 2.14. The number of ether oxygens (including phenoxy) is 1. The second kappa shape index (κ2) is 5.53. The number of hydrogen-bond donors (Lipinski definition) is 0. The van der Waals surface area contributed by atoms with E-state index in [0.29, 0.717) is 9.67 Å².